The van der Waals surface area contributed by atoms with Crippen molar-refractivity contribution in [2.24, 2.45) is 0 Å². The standard InChI is InChI=1S/C15H13BrCl2N2O/c1-20(8-9-3-2-4-13(17)14(9)18)15(21)11-7-10(19)5-6-12(11)16/h2-7H,8,19H2,1H3. The van der Waals surface area contributed by atoms with Crippen LogP contribution >= 0.6 is 39.1 Å². The van der Waals surface area contributed by atoms with E-state index in [1.165, 1.54) is 0 Å². The normalized spacial score (nSPS) is 10.5. The number of nitrogens with two attached hydrogens (primary N) is 1. The van der Waals surface area contributed by atoms with E-state index < -0.39 is 0 Å². The van der Waals surface area contributed by atoms with Crippen LogP contribution in [-0.2, 0) is 6.54 Å². The fraction of sp³-hybridized carbons (Fsp3) is 0.133. The lowest BCUT2D eigenvalue weighted by Crippen LogP contribution is -2.26. The van der Waals surface area contributed by atoms with Crippen LogP contribution in [0.25, 0.3) is 0 Å². The quantitative estimate of drug-likeness (QED) is 0.781. The summed E-state index contributed by atoms with van der Waals surface area (Å²) in [6.45, 7) is 0.361. The van der Waals surface area contributed by atoms with E-state index in [1.54, 1.807) is 42.3 Å². The van der Waals surface area contributed by atoms with E-state index in [-0.39, 0.29) is 5.91 Å². The predicted molar refractivity (Wildman–Crippen MR) is 90.8 cm³/mol. The smallest absolute Gasteiger partial charge is 0.255 e. The summed E-state index contributed by atoms with van der Waals surface area (Å²) in [6, 6.07) is 10.5. The molecule has 0 heterocycles. The molecule has 0 spiro atoms. The third-order valence-corrected chi connectivity index (χ3v) is 4.56. The lowest BCUT2D eigenvalue weighted by Gasteiger charge is -2.19. The summed E-state index contributed by atoms with van der Waals surface area (Å²) in [4.78, 5) is 14.0. The molecular formula is C15H13BrCl2N2O. The topological polar surface area (TPSA) is 46.3 Å². The number of halogens is 3. The Balaban J connectivity index is 2.24. The van der Waals surface area contributed by atoms with Gasteiger partial charge >= 0.3 is 0 Å². The molecule has 6 heteroatoms. The maximum Gasteiger partial charge on any atom is 0.255 e. The number of carbonyl (C=O) groups is 1. The number of nitrogens with zero attached hydrogens (tertiary/aromatic N) is 1. The van der Waals surface area contributed by atoms with E-state index >= 15 is 0 Å². The Morgan fingerprint density at radius 2 is 2.00 bits per heavy atom. The van der Waals surface area contributed by atoms with E-state index in [1.807, 2.05) is 6.07 Å². The molecule has 0 saturated carbocycles. The van der Waals surface area contributed by atoms with Crippen molar-refractivity contribution in [2.75, 3.05) is 12.8 Å². The summed E-state index contributed by atoms with van der Waals surface area (Å²) < 4.78 is 0.700. The number of rotatable bonds is 3. The highest BCUT2D eigenvalue weighted by Crippen LogP contribution is 2.27. The van der Waals surface area contributed by atoms with Gasteiger partial charge in [0.1, 0.15) is 0 Å². The number of carbonyl (C=O) groups excluding carboxylic acids is 1. The maximum absolute atomic E-state index is 12.5. The zero-order valence-electron chi connectivity index (χ0n) is 11.2. The van der Waals surface area contributed by atoms with Gasteiger partial charge in [-0.1, -0.05) is 35.3 Å². The van der Waals surface area contributed by atoms with Gasteiger partial charge in [0.2, 0.25) is 0 Å². The highest BCUT2D eigenvalue weighted by atomic mass is 79.9. The van der Waals surface area contributed by atoms with Crippen LogP contribution in [0.3, 0.4) is 0 Å². The molecule has 0 saturated heterocycles. The largest absolute Gasteiger partial charge is 0.399 e. The van der Waals surface area contributed by atoms with Crippen molar-refractivity contribution in [3.8, 4) is 0 Å². The number of amides is 1. The second kappa shape index (κ2) is 6.69. The summed E-state index contributed by atoms with van der Waals surface area (Å²) in [6.07, 6.45) is 0. The molecule has 1 amide bonds. The molecule has 21 heavy (non-hydrogen) atoms. The fourth-order valence-corrected chi connectivity index (χ4v) is 2.71. The molecule has 0 atom stereocenters. The third-order valence-electron chi connectivity index (χ3n) is 3.01. The van der Waals surface area contributed by atoms with Crippen LogP contribution in [-0.4, -0.2) is 17.9 Å². The van der Waals surface area contributed by atoms with Gasteiger partial charge in [0.25, 0.3) is 5.91 Å². The number of nitrogen functional groups attached to an aromatic ring is 1. The summed E-state index contributed by atoms with van der Waals surface area (Å²) in [5, 5.41) is 0.936. The van der Waals surface area contributed by atoms with Gasteiger partial charge in [-0.2, -0.15) is 0 Å². The van der Waals surface area contributed by atoms with Crippen LogP contribution in [0, 0.1) is 0 Å². The molecule has 0 bridgehead atoms. The van der Waals surface area contributed by atoms with Gasteiger partial charge in [0.15, 0.2) is 0 Å². The van der Waals surface area contributed by atoms with Crippen LogP contribution in [0.15, 0.2) is 40.9 Å². The molecule has 0 radical (unpaired) electrons. The summed E-state index contributed by atoms with van der Waals surface area (Å²) >= 11 is 15.5. The number of anilines is 1. The Kier molecular flexibility index (Phi) is 5.14. The second-order valence-electron chi connectivity index (χ2n) is 4.61. The molecule has 0 fully saturated rings. The zero-order valence-corrected chi connectivity index (χ0v) is 14.3. The van der Waals surface area contributed by atoms with Crippen molar-refractivity contribution < 1.29 is 4.79 Å². The SMILES string of the molecule is CN(Cc1cccc(Cl)c1Cl)C(=O)c1cc(N)ccc1Br. The molecule has 2 aromatic carbocycles. The van der Waals surface area contributed by atoms with Crippen LogP contribution in [0.5, 0.6) is 0 Å². The van der Waals surface area contributed by atoms with Gasteiger partial charge < -0.3 is 10.6 Å². The van der Waals surface area contributed by atoms with E-state index in [0.29, 0.717) is 32.3 Å². The molecule has 2 rings (SSSR count). The molecular weight excluding hydrogens is 375 g/mol. The first kappa shape index (κ1) is 16.1. The molecule has 110 valence electrons. The number of benzene rings is 2. The summed E-state index contributed by atoms with van der Waals surface area (Å²) in [5.74, 6) is -0.148. The Bertz CT molecular complexity index is 691. The van der Waals surface area contributed by atoms with E-state index in [9.17, 15) is 4.79 Å². The van der Waals surface area contributed by atoms with Gasteiger partial charge in [0, 0.05) is 23.8 Å². The van der Waals surface area contributed by atoms with Crippen LogP contribution in [0.1, 0.15) is 15.9 Å². The average Bonchev–Trinajstić information content (AvgIpc) is 2.45. The molecule has 2 N–H and O–H groups in total. The Morgan fingerprint density at radius 1 is 1.29 bits per heavy atom. The van der Waals surface area contributed by atoms with Gasteiger partial charge in [-0.05, 0) is 45.8 Å². The van der Waals surface area contributed by atoms with E-state index in [2.05, 4.69) is 15.9 Å². The van der Waals surface area contributed by atoms with Crippen molar-refractivity contribution >= 4 is 50.7 Å². The van der Waals surface area contributed by atoms with Crippen molar-refractivity contribution in [1.82, 2.24) is 4.90 Å². The molecule has 2 aromatic rings. The van der Waals surface area contributed by atoms with E-state index in [4.69, 9.17) is 28.9 Å². The molecule has 0 aliphatic rings. The van der Waals surface area contributed by atoms with Crippen molar-refractivity contribution in [3.05, 3.63) is 62.0 Å². The highest BCUT2D eigenvalue weighted by molar-refractivity contribution is 9.10. The van der Waals surface area contributed by atoms with Gasteiger partial charge in [0.05, 0.1) is 15.6 Å². The second-order valence-corrected chi connectivity index (χ2v) is 6.25. The zero-order chi connectivity index (χ0) is 15.6. The summed E-state index contributed by atoms with van der Waals surface area (Å²) in [7, 11) is 1.70. The van der Waals surface area contributed by atoms with Crippen LogP contribution in [0.4, 0.5) is 5.69 Å². The average molecular weight is 388 g/mol. The molecule has 0 aliphatic heterocycles. The van der Waals surface area contributed by atoms with Crippen LogP contribution < -0.4 is 5.73 Å². The Labute approximate surface area is 141 Å². The van der Waals surface area contributed by atoms with E-state index in [0.717, 1.165) is 5.56 Å². The molecule has 0 unspecified atom stereocenters. The van der Waals surface area contributed by atoms with Crippen molar-refractivity contribution in [2.45, 2.75) is 6.54 Å². The first-order valence-corrected chi connectivity index (χ1v) is 7.68. The van der Waals surface area contributed by atoms with Gasteiger partial charge in [-0.3, -0.25) is 4.79 Å². The monoisotopic (exact) mass is 386 g/mol. The number of hydrogen-bond acceptors (Lipinski definition) is 2. The van der Waals surface area contributed by atoms with Crippen molar-refractivity contribution in [3.63, 3.8) is 0 Å². The minimum absolute atomic E-state index is 0.148. The van der Waals surface area contributed by atoms with Crippen LogP contribution in [0.2, 0.25) is 10.0 Å². The number of hydrogen-bond donors (Lipinski definition) is 1. The Morgan fingerprint density at radius 3 is 2.71 bits per heavy atom. The predicted octanol–water partition coefficient (Wildman–Crippen LogP) is 4.61. The van der Waals surface area contributed by atoms with Gasteiger partial charge in [-0.25, -0.2) is 0 Å². The van der Waals surface area contributed by atoms with Crippen molar-refractivity contribution in [1.29, 1.82) is 0 Å². The minimum Gasteiger partial charge on any atom is -0.399 e. The van der Waals surface area contributed by atoms with Gasteiger partial charge in [-0.15, -0.1) is 0 Å². The Hall–Kier alpha value is -1.23. The third kappa shape index (κ3) is 3.70. The maximum atomic E-state index is 12.5. The minimum atomic E-state index is -0.148. The fourth-order valence-electron chi connectivity index (χ4n) is 1.91. The lowest BCUT2D eigenvalue weighted by atomic mass is 10.1. The molecule has 0 aromatic heterocycles. The first-order chi connectivity index (χ1) is 9.90. The lowest BCUT2D eigenvalue weighted by molar-refractivity contribution is 0.0784. The molecule has 3 nitrogen and oxygen atoms in total. The summed E-state index contributed by atoms with van der Waals surface area (Å²) in [5.41, 5.74) is 7.57. The first-order valence-electron chi connectivity index (χ1n) is 6.13. The highest BCUT2D eigenvalue weighted by Gasteiger charge is 2.17. The molecule has 0 aliphatic carbocycles.